The van der Waals surface area contributed by atoms with Crippen molar-refractivity contribution in [3.8, 4) is 0 Å². The molecule has 0 N–H and O–H groups in total. The third-order valence-corrected chi connectivity index (χ3v) is 3.08. The Balaban J connectivity index is 2.05. The molecule has 1 fully saturated rings. The maximum absolute atomic E-state index is 5.73. The van der Waals surface area contributed by atoms with E-state index in [9.17, 15) is 0 Å². The summed E-state index contributed by atoms with van der Waals surface area (Å²) in [4.78, 5) is 1.92. The fraction of sp³-hybridized carbons (Fsp3) is 0.462. The molecular formula is C13H17N. The lowest BCUT2D eigenvalue weighted by molar-refractivity contribution is 0.280. The third kappa shape index (κ3) is 2.16. The summed E-state index contributed by atoms with van der Waals surface area (Å²) in [6.07, 6.45) is 2.39. The van der Waals surface area contributed by atoms with Crippen LogP contribution in [0.2, 0.25) is 0 Å². The van der Waals surface area contributed by atoms with Crippen molar-refractivity contribution in [3.05, 3.63) is 42.4 Å². The smallest absolute Gasteiger partial charge is 0.0438 e. The summed E-state index contributed by atoms with van der Waals surface area (Å²) in [5, 5.41) is 0. The van der Waals surface area contributed by atoms with Crippen molar-refractivity contribution in [1.82, 2.24) is 4.90 Å². The number of nitrogens with zero attached hydrogens (tertiary/aromatic N) is 1. The number of piperidine rings is 1. The van der Waals surface area contributed by atoms with Crippen molar-refractivity contribution >= 4 is 0 Å². The van der Waals surface area contributed by atoms with Gasteiger partial charge in [-0.3, -0.25) is 4.90 Å². The molecule has 1 saturated heterocycles. The van der Waals surface area contributed by atoms with Gasteiger partial charge in [0.1, 0.15) is 0 Å². The van der Waals surface area contributed by atoms with Crippen LogP contribution < -0.4 is 0 Å². The van der Waals surface area contributed by atoms with Gasteiger partial charge in [0, 0.05) is 7.05 Å². The Bertz CT molecular complexity index is 281. The van der Waals surface area contributed by atoms with E-state index < -0.39 is 0 Å². The van der Waals surface area contributed by atoms with Crippen molar-refractivity contribution < 1.29 is 0 Å². The zero-order chi connectivity index (χ0) is 9.97. The number of benzene rings is 1. The van der Waals surface area contributed by atoms with Gasteiger partial charge in [-0.2, -0.15) is 0 Å². The number of rotatable bonds is 1. The Hall–Kier alpha value is -0.820. The van der Waals surface area contributed by atoms with E-state index in [1.165, 1.54) is 24.0 Å². The predicted octanol–water partition coefficient (Wildman–Crippen LogP) is 2.84. The van der Waals surface area contributed by atoms with E-state index >= 15 is 0 Å². The van der Waals surface area contributed by atoms with E-state index in [1.807, 2.05) is 4.90 Å². The number of hydrogen-bond acceptors (Lipinski definition) is 1. The second-order valence-corrected chi connectivity index (χ2v) is 4.22. The van der Waals surface area contributed by atoms with Gasteiger partial charge in [0.2, 0.25) is 0 Å². The van der Waals surface area contributed by atoms with Gasteiger partial charge in [0.05, 0.1) is 0 Å². The van der Waals surface area contributed by atoms with Crippen molar-refractivity contribution in [2.45, 2.75) is 25.7 Å². The maximum atomic E-state index is 5.73. The molecule has 0 atom stereocenters. The highest BCUT2D eigenvalue weighted by Crippen LogP contribution is 2.27. The van der Waals surface area contributed by atoms with Crippen molar-refractivity contribution in [1.29, 1.82) is 0 Å². The molecule has 2 rings (SSSR count). The molecule has 0 aromatic heterocycles. The monoisotopic (exact) mass is 187 g/mol. The van der Waals surface area contributed by atoms with Crippen LogP contribution in [0.25, 0.3) is 0 Å². The normalized spacial score (nSPS) is 19.9. The van der Waals surface area contributed by atoms with Gasteiger partial charge in [-0.25, -0.2) is 0 Å². The molecule has 0 amide bonds. The summed E-state index contributed by atoms with van der Waals surface area (Å²) >= 11 is 0. The predicted molar refractivity (Wildman–Crippen MR) is 59.0 cm³/mol. The molecule has 0 saturated carbocycles. The zero-order valence-corrected chi connectivity index (χ0v) is 8.74. The molecule has 74 valence electrons. The van der Waals surface area contributed by atoms with Crippen LogP contribution in [0.1, 0.15) is 29.9 Å². The lowest BCUT2D eigenvalue weighted by Gasteiger charge is -2.28. The highest BCUT2D eigenvalue weighted by molar-refractivity contribution is 5.24. The van der Waals surface area contributed by atoms with Crippen LogP contribution in [-0.2, 0) is 0 Å². The second-order valence-electron chi connectivity index (χ2n) is 4.22. The van der Waals surface area contributed by atoms with E-state index in [0.717, 1.165) is 19.0 Å². The molecule has 1 aliphatic rings. The molecule has 1 aliphatic heterocycles. The lowest BCUT2D eigenvalue weighted by Crippen LogP contribution is -2.27. The number of likely N-dealkylation sites (tertiary alicyclic amines) is 1. The summed E-state index contributed by atoms with van der Waals surface area (Å²) in [7, 11) is 5.73. The molecular weight excluding hydrogens is 170 g/mol. The molecule has 0 bridgehead atoms. The first kappa shape index (κ1) is 9.72. The summed E-state index contributed by atoms with van der Waals surface area (Å²) in [6, 6.07) is 8.91. The standard InChI is InChI=1S/C13H17N/c1-11-3-5-12(6-4-11)13-7-9-14(2)10-8-13/h2-6,13H,7-10H2,1H3. The quantitative estimate of drug-likeness (QED) is 0.653. The Morgan fingerprint density at radius 2 is 1.71 bits per heavy atom. The van der Waals surface area contributed by atoms with E-state index in [2.05, 4.69) is 31.2 Å². The second kappa shape index (κ2) is 4.14. The number of aryl methyl sites for hydroxylation is 1. The first-order valence-electron chi connectivity index (χ1n) is 5.32. The van der Waals surface area contributed by atoms with E-state index in [-0.39, 0.29) is 0 Å². The van der Waals surface area contributed by atoms with E-state index in [0.29, 0.717) is 0 Å². The molecule has 0 unspecified atom stereocenters. The van der Waals surface area contributed by atoms with Crippen LogP contribution >= 0.6 is 0 Å². The van der Waals surface area contributed by atoms with Crippen LogP contribution in [0.3, 0.4) is 0 Å². The van der Waals surface area contributed by atoms with Crippen LogP contribution in [0.5, 0.6) is 0 Å². The Labute approximate surface area is 86.7 Å². The van der Waals surface area contributed by atoms with Gasteiger partial charge < -0.3 is 0 Å². The van der Waals surface area contributed by atoms with E-state index in [4.69, 9.17) is 7.05 Å². The summed E-state index contributed by atoms with van der Waals surface area (Å²) in [5.74, 6) is 0.718. The summed E-state index contributed by atoms with van der Waals surface area (Å²) < 4.78 is 0. The highest BCUT2D eigenvalue weighted by atomic mass is 15.1. The fourth-order valence-corrected chi connectivity index (χ4v) is 2.07. The van der Waals surface area contributed by atoms with E-state index in [1.54, 1.807) is 0 Å². The Morgan fingerprint density at radius 1 is 1.14 bits per heavy atom. The molecule has 0 aliphatic carbocycles. The van der Waals surface area contributed by atoms with Crippen molar-refractivity contribution in [2.75, 3.05) is 13.1 Å². The van der Waals surface area contributed by atoms with Crippen molar-refractivity contribution in [2.24, 2.45) is 0 Å². The average Bonchev–Trinajstić information content (AvgIpc) is 2.21. The Morgan fingerprint density at radius 3 is 2.29 bits per heavy atom. The molecule has 1 heterocycles. The summed E-state index contributed by atoms with van der Waals surface area (Å²) in [6.45, 7) is 4.18. The van der Waals surface area contributed by atoms with Crippen molar-refractivity contribution in [3.63, 3.8) is 0 Å². The van der Waals surface area contributed by atoms with Gasteiger partial charge in [-0.05, 0) is 44.3 Å². The molecule has 1 nitrogen and oxygen atoms in total. The van der Waals surface area contributed by atoms with Crippen LogP contribution in [0.4, 0.5) is 0 Å². The van der Waals surface area contributed by atoms with Gasteiger partial charge >= 0.3 is 0 Å². The van der Waals surface area contributed by atoms with Gasteiger partial charge in [-0.15, -0.1) is 0 Å². The minimum absolute atomic E-state index is 0.718. The fourth-order valence-electron chi connectivity index (χ4n) is 2.07. The van der Waals surface area contributed by atoms with Gasteiger partial charge in [-0.1, -0.05) is 29.8 Å². The van der Waals surface area contributed by atoms with Crippen LogP contribution in [0, 0.1) is 14.0 Å². The molecule has 2 radical (unpaired) electrons. The summed E-state index contributed by atoms with van der Waals surface area (Å²) in [5.41, 5.74) is 2.81. The SMILES string of the molecule is [CH]N1CCC(c2ccc(C)cc2)CC1. The zero-order valence-electron chi connectivity index (χ0n) is 8.74. The minimum Gasteiger partial charge on any atom is -0.297 e. The number of hydrogen-bond donors (Lipinski definition) is 0. The maximum Gasteiger partial charge on any atom is 0.0438 e. The van der Waals surface area contributed by atoms with Crippen LogP contribution in [-0.4, -0.2) is 18.0 Å². The third-order valence-electron chi connectivity index (χ3n) is 3.08. The topological polar surface area (TPSA) is 3.24 Å². The molecule has 14 heavy (non-hydrogen) atoms. The molecule has 0 spiro atoms. The first-order chi connectivity index (χ1) is 6.75. The highest BCUT2D eigenvalue weighted by Gasteiger charge is 2.17. The Kier molecular flexibility index (Phi) is 2.87. The molecule has 1 heteroatoms. The average molecular weight is 187 g/mol. The molecule has 1 aromatic carbocycles. The molecule has 1 aromatic rings. The first-order valence-corrected chi connectivity index (χ1v) is 5.32. The lowest BCUT2D eigenvalue weighted by atomic mass is 9.89. The minimum atomic E-state index is 0.718. The van der Waals surface area contributed by atoms with Gasteiger partial charge in [0.25, 0.3) is 0 Å². The van der Waals surface area contributed by atoms with Gasteiger partial charge in [0.15, 0.2) is 0 Å². The largest absolute Gasteiger partial charge is 0.297 e. The van der Waals surface area contributed by atoms with Crippen LogP contribution in [0.15, 0.2) is 24.3 Å².